The second-order valence-corrected chi connectivity index (χ2v) is 5.03. The van der Waals surface area contributed by atoms with Crippen LogP contribution in [0.4, 0.5) is 14.9 Å². The standard InChI is InChI=1S/C15H13BrFNO2/c1-10-7-8-12(17)14(13(10)16)18-15(19)20-9-11-5-3-2-4-6-11/h2-8H,9H2,1H3,(H,18,19). The summed E-state index contributed by atoms with van der Waals surface area (Å²) in [7, 11) is 0. The van der Waals surface area contributed by atoms with Crippen LogP contribution in [-0.2, 0) is 11.3 Å². The predicted octanol–water partition coefficient (Wildman–Crippen LogP) is 4.65. The van der Waals surface area contributed by atoms with Crippen molar-refractivity contribution in [2.75, 3.05) is 5.32 Å². The van der Waals surface area contributed by atoms with E-state index in [0.717, 1.165) is 11.1 Å². The molecule has 2 aromatic carbocycles. The first-order valence-electron chi connectivity index (χ1n) is 6.00. The summed E-state index contributed by atoms with van der Waals surface area (Å²) in [6.45, 7) is 1.95. The Morgan fingerprint density at radius 2 is 1.95 bits per heavy atom. The maximum Gasteiger partial charge on any atom is 0.412 e. The number of aryl methyl sites for hydroxylation is 1. The lowest BCUT2D eigenvalue weighted by molar-refractivity contribution is 0.155. The molecular weight excluding hydrogens is 325 g/mol. The smallest absolute Gasteiger partial charge is 0.412 e. The second-order valence-electron chi connectivity index (χ2n) is 4.24. The van der Waals surface area contributed by atoms with Gasteiger partial charge in [-0.2, -0.15) is 0 Å². The third-order valence-electron chi connectivity index (χ3n) is 2.72. The van der Waals surface area contributed by atoms with Crippen molar-refractivity contribution in [1.29, 1.82) is 0 Å². The maximum atomic E-state index is 13.7. The van der Waals surface area contributed by atoms with Gasteiger partial charge in [0.25, 0.3) is 0 Å². The van der Waals surface area contributed by atoms with Gasteiger partial charge in [0.05, 0.1) is 5.69 Å². The monoisotopic (exact) mass is 337 g/mol. The van der Waals surface area contributed by atoms with Gasteiger partial charge in [-0.25, -0.2) is 9.18 Å². The van der Waals surface area contributed by atoms with Crippen molar-refractivity contribution in [1.82, 2.24) is 0 Å². The Hall–Kier alpha value is -1.88. The van der Waals surface area contributed by atoms with Crippen LogP contribution in [0.3, 0.4) is 0 Å². The summed E-state index contributed by atoms with van der Waals surface area (Å²) in [4.78, 5) is 11.7. The molecule has 104 valence electrons. The van der Waals surface area contributed by atoms with Gasteiger partial charge in [-0.1, -0.05) is 36.4 Å². The van der Waals surface area contributed by atoms with Crippen molar-refractivity contribution in [3.8, 4) is 0 Å². The largest absolute Gasteiger partial charge is 0.444 e. The first kappa shape index (κ1) is 14.5. The van der Waals surface area contributed by atoms with E-state index in [9.17, 15) is 9.18 Å². The van der Waals surface area contributed by atoms with Crippen LogP contribution in [0.5, 0.6) is 0 Å². The number of benzene rings is 2. The van der Waals surface area contributed by atoms with Gasteiger partial charge in [0, 0.05) is 4.47 Å². The highest BCUT2D eigenvalue weighted by Gasteiger charge is 2.13. The van der Waals surface area contributed by atoms with Crippen molar-refractivity contribution in [3.63, 3.8) is 0 Å². The van der Waals surface area contributed by atoms with E-state index < -0.39 is 11.9 Å². The Morgan fingerprint density at radius 1 is 1.25 bits per heavy atom. The fourth-order valence-electron chi connectivity index (χ4n) is 1.63. The summed E-state index contributed by atoms with van der Waals surface area (Å²) in [5, 5.41) is 2.41. The molecule has 0 heterocycles. The molecule has 1 amide bonds. The molecule has 0 unspecified atom stereocenters. The summed E-state index contributed by atoms with van der Waals surface area (Å²) in [5.41, 5.74) is 1.78. The minimum absolute atomic E-state index is 0.0862. The first-order valence-corrected chi connectivity index (χ1v) is 6.79. The number of ether oxygens (including phenoxy) is 1. The molecule has 0 spiro atoms. The van der Waals surface area contributed by atoms with E-state index in [-0.39, 0.29) is 12.3 Å². The Morgan fingerprint density at radius 3 is 2.65 bits per heavy atom. The summed E-state index contributed by atoms with van der Waals surface area (Å²) in [6.07, 6.45) is -0.695. The highest BCUT2D eigenvalue weighted by molar-refractivity contribution is 9.10. The number of hydrogen-bond acceptors (Lipinski definition) is 2. The molecule has 0 aliphatic rings. The van der Waals surface area contributed by atoms with Crippen LogP contribution in [0.15, 0.2) is 46.9 Å². The van der Waals surface area contributed by atoms with Gasteiger partial charge < -0.3 is 4.74 Å². The van der Waals surface area contributed by atoms with Crippen LogP contribution in [0.25, 0.3) is 0 Å². The normalized spacial score (nSPS) is 10.2. The maximum absolute atomic E-state index is 13.7. The second kappa shape index (κ2) is 6.52. The molecule has 0 atom stereocenters. The van der Waals surface area contributed by atoms with Crippen molar-refractivity contribution in [2.45, 2.75) is 13.5 Å². The molecule has 2 aromatic rings. The summed E-state index contributed by atoms with van der Waals surface area (Å²) in [6, 6.07) is 12.2. The molecule has 5 heteroatoms. The number of rotatable bonds is 3. The molecule has 0 radical (unpaired) electrons. The highest BCUT2D eigenvalue weighted by atomic mass is 79.9. The average molecular weight is 338 g/mol. The van der Waals surface area contributed by atoms with Crippen molar-refractivity contribution < 1.29 is 13.9 Å². The Bertz CT molecular complexity index is 617. The molecule has 0 saturated carbocycles. The number of hydrogen-bond donors (Lipinski definition) is 1. The number of carbonyl (C=O) groups excluding carboxylic acids is 1. The van der Waals surface area contributed by atoms with Gasteiger partial charge in [-0.15, -0.1) is 0 Å². The molecule has 0 aromatic heterocycles. The van der Waals surface area contributed by atoms with Crippen LogP contribution in [0.1, 0.15) is 11.1 Å². The summed E-state index contributed by atoms with van der Waals surface area (Å²) in [5.74, 6) is -0.515. The van der Waals surface area contributed by atoms with E-state index in [0.29, 0.717) is 4.47 Å². The minimum atomic E-state index is -0.695. The molecule has 0 fully saturated rings. The fraction of sp³-hybridized carbons (Fsp3) is 0.133. The third kappa shape index (κ3) is 3.57. The lowest BCUT2D eigenvalue weighted by atomic mass is 10.2. The molecule has 0 aliphatic heterocycles. The zero-order valence-electron chi connectivity index (χ0n) is 10.8. The third-order valence-corrected chi connectivity index (χ3v) is 3.75. The van der Waals surface area contributed by atoms with E-state index >= 15 is 0 Å². The van der Waals surface area contributed by atoms with Crippen LogP contribution in [0, 0.1) is 12.7 Å². The number of halogens is 2. The predicted molar refractivity (Wildman–Crippen MR) is 79.1 cm³/mol. The molecule has 1 N–H and O–H groups in total. The van der Waals surface area contributed by atoms with Crippen LogP contribution >= 0.6 is 15.9 Å². The lowest BCUT2D eigenvalue weighted by Gasteiger charge is -2.11. The Balaban J connectivity index is 2.00. The van der Waals surface area contributed by atoms with Gasteiger partial charge in [-0.3, -0.25) is 5.32 Å². The van der Waals surface area contributed by atoms with Crippen LogP contribution < -0.4 is 5.32 Å². The lowest BCUT2D eigenvalue weighted by Crippen LogP contribution is -2.15. The van der Waals surface area contributed by atoms with Gasteiger partial charge in [0.2, 0.25) is 0 Å². The first-order chi connectivity index (χ1) is 9.58. The van der Waals surface area contributed by atoms with E-state index in [2.05, 4.69) is 21.2 Å². The van der Waals surface area contributed by atoms with Crippen molar-refractivity contribution >= 4 is 27.7 Å². The highest BCUT2D eigenvalue weighted by Crippen LogP contribution is 2.29. The van der Waals surface area contributed by atoms with E-state index in [1.165, 1.54) is 6.07 Å². The topological polar surface area (TPSA) is 38.3 Å². The van der Waals surface area contributed by atoms with E-state index in [4.69, 9.17) is 4.74 Å². The van der Waals surface area contributed by atoms with Gasteiger partial charge in [0.1, 0.15) is 12.4 Å². The zero-order valence-corrected chi connectivity index (χ0v) is 12.4. The van der Waals surface area contributed by atoms with Gasteiger partial charge >= 0.3 is 6.09 Å². The van der Waals surface area contributed by atoms with Gasteiger partial charge in [0.15, 0.2) is 0 Å². The summed E-state index contributed by atoms with van der Waals surface area (Å²) < 4.78 is 19.2. The minimum Gasteiger partial charge on any atom is -0.444 e. The molecule has 3 nitrogen and oxygen atoms in total. The molecule has 0 bridgehead atoms. The van der Waals surface area contributed by atoms with Crippen LogP contribution in [-0.4, -0.2) is 6.09 Å². The van der Waals surface area contributed by atoms with Crippen molar-refractivity contribution in [2.24, 2.45) is 0 Å². The fourth-order valence-corrected chi connectivity index (χ4v) is 2.05. The molecule has 20 heavy (non-hydrogen) atoms. The number of nitrogens with one attached hydrogen (secondary N) is 1. The number of amides is 1. The van der Waals surface area contributed by atoms with Gasteiger partial charge in [-0.05, 0) is 40.0 Å². The molecule has 0 saturated heterocycles. The van der Waals surface area contributed by atoms with Crippen LogP contribution in [0.2, 0.25) is 0 Å². The zero-order chi connectivity index (χ0) is 14.5. The number of anilines is 1. The number of carbonyl (C=O) groups is 1. The molecule has 0 aliphatic carbocycles. The Kier molecular flexibility index (Phi) is 4.74. The van der Waals surface area contributed by atoms with E-state index in [1.807, 2.05) is 37.3 Å². The molecular formula is C15H13BrFNO2. The summed E-state index contributed by atoms with van der Waals surface area (Å²) >= 11 is 3.25. The Labute approximate surface area is 124 Å². The SMILES string of the molecule is Cc1ccc(F)c(NC(=O)OCc2ccccc2)c1Br. The van der Waals surface area contributed by atoms with E-state index in [1.54, 1.807) is 6.07 Å². The van der Waals surface area contributed by atoms with Crippen molar-refractivity contribution in [3.05, 3.63) is 63.9 Å². The average Bonchev–Trinajstić information content (AvgIpc) is 2.46. The molecule has 2 rings (SSSR count). The quantitative estimate of drug-likeness (QED) is 0.885.